The van der Waals surface area contributed by atoms with Gasteiger partial charge in [-0.25, -0.2) is 0 Å². The van der Waals surface area contributed by atoms with Gasteiger partial charge in [-0.3, -0.25) is 4.79 Å². The van der Waals surface area contributed by atoms with Crippen LogP contribution in [0.25, 0.3) is 10.9 Å². The van der Waals surface area contributed by atoms with Crippen molar-refractivity contribution >= 4 is 16.8 Å². The van der Waals surface area contributed by atoms with E-state index >= 15 is 0 Å². The van der Waals surface area contributed by atoms with Crippen LogP contribution in [0.1, 0.15) is 19.3 Å². The highest BCUT2D eigenvalue weighted by Gasteiger charge is 2.22. The minimum absolute atomic E-state index is 0.172. The fraction of sp³-hybridized carbons (Fsp3) is 0.357. The van der Waals surface area contributed by atoms with Gasteiger partial charge in [0.05, 0.1) is 0 Å². The highest BCUT2D eigenvalue weighted by Crippen LogP contribution is 2.19. The maximum absolute atomic E-state index is 11.6. The van der Waals surface area contributed by atoms with Gasteiger partial charge in [-0.1, -0.05) is 18.2 Å². The Balaban J connectivity index is 1.65. The summed E-state index contributed by atoms with van der Waals surface area (Å²) in [6.07, 6.45) is 4.92. The first kappa shape index (κ1) is 10.4. The molecule has 17 heavy (non-hydrogen) atoms. The Kier molecular flexibility index (Phi) is 2.59. The van der Waals surface area contributed by atoms with Crippen LogP contribution in [0.4, 0.5) is 0 Å². The normalized spacial score (nSPS) is 15.1. The minimum Gasteiger partial charge on any atom is -0.353 e. The number of rotatable bonds is 4. The minimum atomic E-state index is 0.172. The number of benzene rings is 1. The molecule has 88 valence electrons. The van der Waals surface area contributed by atoms with Crippen molar-refractivity contribution in [2.24, 2.45) is 0 Å². The third-order valence-electron chi connectivity index (χ3n) is 3.20. The summed E-state index contributed by atoms with van der Waals surface area (Å²) >= 11 is 0. The Morgan fingerprint density at radius 1 is 1.29 bits per heavy atom. The fourth-order valence-corrected chi connectivity index (χ4v) is 2.09. The van der Waals surface area contributed by atoms with Gasteiger partial charge in [-0.05, 0) is 30.4 Å². The molecular weight excluding hydrogens is 212 g/mol. The molecule has 0 bridgehead atoms. The van der Waals surface area contributed by atoms with Gasteiger partial charge in [0, 0.05) is 30.7 Å². The number of aryl methyl sites for hydroxylation is 1. The van der Waals surface area contributed by atoms with Crippen LogP contribution in [0.2, 0.25) is 0 Å². The fourth-order valence-electron chi connectivity index (χ4n) is 2.09. The zero-order valence-corrected chi connectivity index (χ0v) is 9.73. The Labute approximate surface area is 100 Å². The molecule has 1 aromatic carbocycles. The summed E-state index contributed by atoms with van der Waals surface area (Å²) in [4.78, 5) is 11.6. The summed E-state index contributed by atoms with van der Waals surface area (Å²) < 4.78 is 2.14. The van der Waals surface area contributed by atoms with Gasteiger partial charge in [-0.2, -0.15) is 0 Å². The molecule has 1 amide bonds. The van der Waals surface area contributed by atoms with Gasteiger partial charge < -0.3 is 9.88 Å². The van der Waals surface area contributed by atoms with Crippen LogP contribution in [-0.4, -0.2) is 16.5 Å². The van der Waals surface area contributed by atoms with Crippen molar-refractivity contribution in [2.45, 2.75) is 31.8 Å². The van der Waals surface area contributed by atoms with Crippen LogP contribution in [0.15, 0.2) is 36.5 Å². The van der Waals surface area contributed by atoms with Crippen molar-refractivity contribution in [3.8, 4) is 0 Å². The van der Waals surface area contributed by atoms with E-state index in [0.717, 1.165) is 19.4 Å². The first-order chi connectivity index (χ1) is 8.33. The molecule has 3 nitrogen and oxygen atoms in total. The van der Waals surface area contributed by atoms with Crippen molar-refractivity contribution in [1.82, 2.24) is 9.88 Å². The van der Waals surface area contributed by atoms with E-state index in [-0.39, 0.29) is 5.91 Å². The lowest BCUT2D eigenvalue weighted by Gasteiger charge is -2.06. The Bertz CT molecular complexity index is 540. The SMILES string of the molecule is O=C(CCn1ccc2ccccc21)NC1CC1. The molecule has 2 aromatic rings. The molecule has 1 N–H and O–H groups in total. The van der Waals surface area contributed by atoms with Crippen molar-refractivity contribution in [1.29, 1.82) is 0 Å². The molecule has 3 heteroatoms. The predicted octanol–water partition coefficient (Wildman–Crippen LogP) is 2.31. The van der Waals surface area contributed by atoms with E-state index in [0.29, 0.717) is 12.5 Å². The molecule has 1 aromatic heterocycles. The maximum Gasteiger partial charge on any atom is 0.222 e. The standard InChI is InChI=1S/C14H16N2O/c17-14(15-12-5-6-12)8-10-16-9-7-11-3-1-2-4-13(11)16/h1-4,7,9,12H,5-6,8,10H2,(H,15,17). The van der Waals surface area contributed by atoms with E-state index in [2.05, 4.69) is 34.3 Å². The van der Waals surface area contributed by atoms with E-state index in [9.17, 15) is 4.79 Å². The van der Waals surface area contributed by atoms with E-state index in [1.165, 1.54) is 10.9 Å². The largest absolute Gasteiger partial charge is 0.353 e. The average molecular weight is 228 g/mol. The number of hydrogen-bond acceptors (Lipinski definition) is 1. The molecule has 0 unspecified atom stereocenters. The van der Waals surface area contributed by atoms with Gasteiger partial charge in [-0.15, -0.1) is 0 Å². The van der Waals surface area contributed by atoms with Crippen LogP contribution in [0.3, 0.4) is 0 Å². The number of nitrogens with one attached hydrogen (secondary N) is 1. The number of carbonyl (C=O) groups is 1. The van der Waals surface area contributed by atoms with Crippen LogP contribution in [0, 0.1) is 0 Å². The summed E-state index contributed by atoms with van der Waals surface area (Å²) in [6, 6.07) is 10.8. The number of nitrogens with zero attached hydrogens (tertiary/aromatic N) is 1. The highest BCUT2D eigenvalue weighted by molar-refractivity contribution is 5.80. The first-order valence-corrected chi connectivity index (χ1v) is 6.16. The third-order valence-corrected chi connectivity index (χ3v) is 3.20. The van der Waals surface area contributed by atoms with Crippen molar-refractivity contribution in [3.05, 3.63) is 36.5 Å². The number of hydrogen-bond donors (Lipinski definition) is 1. The smallest absolute Gasteiger partial charge is 0.222 e. The zero-order valence-electron chi connectivity index (χ0n) is 9.73. The second kappa shape index (κ2) is 4.24. The number of aromatic nitrogens is 1. The van der Waals surface area contributed by atoms with Crippen LogP contribution >= 0.6 is 0 Å². The number of fused-ring (bicyclic) bond motifs is 1. The Morgan fingerprint density at radius 2 is 2.12 bits per heavy atom. The summed E-state index contributed by atoms with van der Waals surface area (Å²) in [5.74, 6) is 0.172. The van der Waals surface area contributed by atoms with E-state index in [1.807, 2.05) is 12.1 Å². The molecule has 3 rings (SSSR count). The van der Waals surface area contributed by atoms with Gasteiger partial charge in [0.25, 0.3) is 0 Å². The molecular formula is C14H16N2O. The van der Waals surface area contributed by atoms with Gasteiger partial charge in [0.2, 0.25) is 5.91 Å². The highest BCUT2D eigenvalue weighted by atomic mass is 16.1. The van der Waals surface area contributed by atoms with E-state index in [4.69, 9.17) is 0 Å². The third kappa shape index (κ3) is 2.33. The number of carbonyl (C=O) groups excluding carboxylic acids is 1. The molecule has 1 heterocycles. The summed E-state index contributed by atoms with van der Waals surface area (Å²) in [5.41, 5.74) is 1.20. The lowest BCUT2D eigenvalue weighted by molar-refractivity contribution is -0.121. The summed E-state index contributed by atoms with van der Waals surface area (Å²) in [7, 11) is 0. The molecule has 1 aliphatic rings. The first-order valence-electron chi connectivity index (χ1n) is 6.16. The molecule has 0 radical (unpaired) electrons. The summed E-state index contributed by atoms with van der Waals surface area (Å²) in [6.45, 7) is 0.756. The Hall–Kier alpha value is -1.77. The van der Waals surface area contributed by atoms with Crippen LogP contribution in [0.5, 0.6) is 0 Å². The van der Waals surface area contributed by atoms with Crippen LogP contribution in [-0.2, 0) is 11.3 Å². The molecule has 0 saturated heterocycles. The molecule has 0 spiro atoms. The summed E-state index contributed by atoms with van der Waals surface area (Å²) in [5, 5.41) is 4.24. The Morgan fingerprint density at radius 3 is 2.94 bits per heavy atom. The molecule has 1 fully saturated rings. The quantitative estimate of drug-likeness (QED) is 0.856. The monoisotopic (exact) mass is 228 g/mol. The van der Waals surface area contributed by atoms with Gasteiger partial charge >= 0.3 is 0 Å². The molecule has 0 atom stereocenters. The van der Waals surface area contributed by atoms with Crippen LogP contribution < -0.4 is 5.32 Å². The molecule has 1 saturated carbocycles. The maximum atomic E-state index is 11.6. The second-order valence-electron chi connectivity index (χ2n) is 4.66. The second-order valence-corrected chi connectivity index (χ2v) is 4.66. The topological polar surface area (TPSA) is 34.0 Å². The van der Waals surface area contributed by atoms with E-state index in [1.54, 1.807) is 0 Å². The lowest BCUT2D eigenvalue weighted by atomic mass is 10.2. The van der Waals surface area contributed by atoms with Gasteiger partial charge in [0.1, 0.15) is 0 Å². The van der Waals surface area contributed by atoms with E-state index < -0.39 is 0 Å². The zero-order chi connectivity index (χ0) is 11.7. The number of para-hydroxylation sites is 1. The van der Waals surface area contributed by atoms with Gasteiger partial charge in [0.15, 0.2) is 0 Å². The van der Waals surface area contributed by atoms with Crippen molar-refractivity contribution < 1.29 is 4.79 Å². The lowest BCUT2D eigenvalue weighted by Crippen LogP contribution is -2.26. The van der Waals surface area contributed by atoms with Crippen molar-refractivity contribution in [3.63, 3.8) is 0 Å². The molecule has 1 aliphatic carbocycles. The predicted molar refractivity (Wildman–Crippen MR) is 67.7 cm³/mol. The van der Waals surface area contributed by atoms with Crippen molar-refractivity contribution in [2.75, 3.05) is 0 Å². The number of amides is 1. The molecule has 0 aliphatic heterocycles. The average Bonchev–Trinajstić information content (AvgIpc) is 3.06.